The van der Waals surface area contributed by atoms with Gasteiger partial charge in [0.05, 0.1) is 11.6 Å². The lowest BCUT2D eigenvalue weighted by molar-refractivity contribution is -0.131. The zero-order chi connectivity index (χ0) is 20.4. The number of carbonyl (C=O) groups excluding carboxylic acids is 2. The number of carbonyl (C=O) groups is 2. The predicted octanol–water partition coefficient (Wildman–Crippen LogP) is 2.02. The van der Waals surface area contributed by atoms with Crippen LogP contribution in [0.2, 0.25) is 0 Å². The summed E-state index contributed by atoms with van der Waals surface area (Å²) in [5, 5.41) is 11.9. The Morgan fingerprint density at radius 1 is 1.07 bits per heavy atom. The van der Waals surface area contributed by atoms with E-state index >= 15 is 0 Å². The van der Waals surface area contributed by atoms with Crippen molar-refractivity contribution in [2.45, 2.75) is 57.5 Å². The third-order valence-electron chi connectivity index (χ3n) is 6.27. The number of piperazine rings is 1. The lowest BCUT2D eigenvalue weighted by Gasteiger charge is -2.38. The number of rotatable bonds is 3. The molecule has 0 bridgehead atoms. The van der Waals surface area contributed by atoms with E-state index in [4.69, 9.17) is 0 Å². The van der Waals surface area contributed by atoms with Crippen LogP contribution in [0.25, 0.3) is 5.65 Å². The molecule has 0 aromatic carbocycles. The minimum absolute atomic E-state index is 0.0409. The van der Waals surface area contributed by atoms with Gasteiger partial charge in [0.25, 0.3) is 5.91 Å². The molecule has 0 radical (unpaired) electrons. The van der Waals surface area contributed by atoms with Gasteiger partial charge in [-0.05, 0) is 32.0 Å². The van der Waals surface area contributed by atoms with Crippen molar-refractivity contribution in [2.75, 3.05) is 26.7 Å². The Morgan fingerprint density at radius 3 is 2.55 bits per heavy atom. The molecule has 2 aromatic heterocycles. The molecule has 1 aliphatic heterocycles. The van der Waals surface area contributed by atoms with Crippen molar-refractivity contribution in [3.8, 4) is 0 Å². The maximum absolute atomic E-state index is 12.9. The van der Waals surface area contributed by atoms with E-state index in [2.05, 4.69) is 20.4 Å². The number of aromatic nitrogens is 3. The molecular weight excluding hydrogens is 368 g/mol. The molecule has 2 aromatic rings. The standard InChI is InChI=1S/C21H30N6O2/c1-15(28)26-12-11-25(2)18(14-26)20-24-23-19-10-9-16(13-27(19)20)21(29)22-17-7-5-3-4-6-8-17/h9-10,13,17-18H,3-8,11-12,14H2,1-2H3,(H,22,29). The van der Waals surface area contributed by atoms with Crippen molar-refractivity contribution in [1.29, 1.82) is 0 Å². The summed E-state index contributed by atoms with van der Waals surface area (Å²) in [4.78, 5) is 28.7. The molecule has 1 unspecified atom stereocenters. The summed E-state index contributed by atoms with van der Waals surface area (Å²) >= 11 is 0. The second kappa shape index (κ2) is 8.49. The first-order chi connectivity index (χ1) is 14.0. The fourth-order valence-electron chi connectivity index (χ4n) is 4.40. The second-order valence-electron chi connectivity index (χ2n) is 8.33. The second-order valence-corrected chi connectivity index (χ2v) is 8.33. The largest absolute Gasteiger partial charge is 0.349 e. The van der Waals surface area contributed by atoms with E-state index in [1.54, 1.807) is 6.92 Å². The van der Waals surface area contributed by atoms with Gasteiger partial charge >= 0.3 is 0 Å². The van der Waals surface area contributed by atoms with E-state index in [-0.39, 0.29) is 23.9 Å². The van der Waals surface area contributed by atoms with Gasteiger partial charge in [-0.15, -0.1) is 10.2 Å². The molecule has 1 aliphatic carbocycles. The van der Waals surface area contributed by atoms with E-state index in [9.17, 15) is 9.59 Å². The highest BCUT2D eigenvalue weighted by Crippen LogP contribution is 2.24. The molecule has 1 saturated heterocycles. The fourth-order valence-corrected chi connectivity index (χ4v) is 4.40. The van der Waals surface area contributed by atoms with Gasteiger partial charge in [0.1, 0.15) is 0 Å². The van der Waals surface area contributed by atoms with E-state index in [0.717, 1.165) is 25.2 Å². The van der Waals surface area contributed by atoms with Gasteiger partial charge in [-0.2, -0.15) is 0 Å². The van der Waals surface area contributed by atoms with Crippen molar-refractivity contribution in [1.82, 2.24) is 29.7 Å². The number of likely N-dealkylation sites (N-methyl/N-ethyl adjacent to an activating group) is 1. The van der Waals surface area contributed by atoms with Gasteiger partial charge in [-0.3, -0.25) is 18.9 Å². The summed E-state index contributed by atoms with van der Waals surface area (Å²) in [5.41, 5.74) is 1.32. The van der Waals surface area contributed by atoms with Gasteiger partial charge in [0.15, 0.2) is 11.5 Å². The van der Waals surface area contributed by atoms with Crippen molar-refractivity contribution in [3.63, 3.8) is 0 Å². The molecule has 1 saturated carbocycles. The van der Waals surface area contributed by atoms with Gasteiger partial charge in [0, 0.05) is 38.8 Å². The lowest BCUT2D eigenvalue weighted by atomic mass is 10.1. The van der Waals surface area contributed by atoms with Crippen molar-refractivity contribution in [3.05, 3.63) is 29.7 Å². The maximum Gasteiger partial charge on any atom is 0.252 e. The quantitative estimate of drug-likeness (QED) is 0.800. The van der Waals surface area contributed by atoms with Gasteiger partial charge in [-0.25, -0.2) is 0 Å². The van der Waals surface area contributed by atoms with Crippen molar-refractivity contribution in [2.24, 2.45) is 0 Å². The number of nitrogens with one attached hydrogen (secondary N) is 1. The minimum atomic E-state index is -0.0529. The van der Waals surface area contributed by atoms with Crippen LogP contribution >= 0.6 is 0 Å². The molecule has 2 fully saturated rings. The zero-order valence-electron chi connectivity index (χ0n) is 17.3. The van der Waals surface area contributed by atoms with Crippen LogP contribution in [0.5, 0.6) is 0 Å². The Kier molecular flexibility index (Phi) is 5.80. The summed E-state index contributed by atoms with van der Waals surface area (Å²) < 4.78 is 1.90. The van der Waals surface area contributed by atoms with Gasteiger partial charge in [-0.1, -0.05) is 25.7 Å². The molecular formula is C21H30N6O2. The third kappa shape index (κ3) is 4.27. The lowest BCUT2D eigenvalue weighted by Crippen LogP contribution is -2.48. The molecule has 0 spiro atoms. The number of fused-ring (bicyclic) bond motifs is 1. The monoisotopic (exact) mass is 398 g/mol. The molecule has 156 valence electrons. The van der Waals surface area contributed by atoms with Crippen LogP contribution in [0.4, 0.5) is 0 Å². The van der Waals surface area contributed by atoms with E-state index in [1.165, 1.54) is 25.7 Å². The summed E-state index contributed by atoms with van der Waals surface area (Å²) in [5.74, 6) is 0.791. The number of pyridine rings is 1. The van der Waals surface area contributed by atoms with E-state index in [1.807, 2.05) is 34.7 Å². The van der Waals surface area contributed by atoms with Crippen LogP contribution in [-0.2, 0) is 4.79 Å². The summed E-state index contributed by atoms with van der Waals surface area (Å²) in [6, 6.07) is 3.86. The molecule has 29 heavy (non-hydrogen) atoms. The molecule has 1 atom stereocenters. The normalized spacial score (nSPS) is 21.9. The van der Waals surface area contributed by atoms with Crippen molar-refractivity contribution >= 4 is 17.5 Å². The number of amides is 2. The SMILES string of the molecule is CC(=O)N1CCN(C)C(c2nnc3ccc(C(=O)NC4CCCCCC4)cn23)C1. The third-order valence-corrected chi connectivity index (χ3v) is 6.27. The van der Waals surface area contributed by atoms with Crippen LogP contribution in [0, 0.1) is 0 Å². The topological polar surface area (TPSA) is 82.8 Å². The Hall–Kier alpha value is -2.48. The Morgan fingerprint density at radius 2 is 1.83 bits per heavy atom. The molecule has 8 nitrogen and oxygen atoms in total. The highest BCUT2D eigenvalue weighted by Gasteiger charge is 2.30. The van der Waals surface area contributed by atoms with Crippen LogP contribution in [0.15, 0.2) is 18.3 Å². The van der Waals surface area contributed by atoms with Crippen LogP contribution < -0.4 is 5.32 Å². The average molecular weight is 399 g/mol. The minimum Gasteiger partial charge on any atom is -0.349 e. The first kappa shape index (κ1) is 19.8. The molecule has 4 rings (SSSR count). The molecule has 2 amide bonds. The molecule has 1 N–H and O–H groups in total. The number of hydrogen-bond acceptors (Lipinski definition) is 5. The highest BCUT2D eigenvalue weighted by molar-refractivity contribution is 5.94. The van der Waals surface area contributed by atoms with Crippen molar-refractivity contribution < 1.29 is 9.59 Å². The molecule has 8 heteroatoms. The Labute approximate surface area is 171 Å². The maximum atomic E-state index is 12.9. The summed E-state index contributed by atoms with van der Waals surface area (Å²) in [6.45, 7) is 3.67. The van der Waals surface area contributed by atoms with Gasteiger partial charge < -0.3 is 10.2 Å². The zero-order valence-corrected chi connectivity index (χ0v) is 17.3. The number of nitrogens with zero attached hydrogens (tertiary/aromatic N) is 5. The van der Waals surface area contributed by atoms with Crippen LogP contribution in [0.1, 0.15) is 67.7 Å². The fraction of sp³-hybridized carbons (Fsp3) is 0.619. The average Bonchev–Trinajstić information content (AvgIpc) is 2.96. The van der Waals surface area contributed by atoms with E-state index in [0.29, 0.717) is 24.3 Å². The van der Waals surface area contributed by atoms with Crippen LogP contribution in [0.3, 0.4) is 0 Å². The Balaban J connectivity index is 1.57. The van der Waals surface area contributed by atoms with Gasteiger partial charge in [0.2, 0.25) is 5.91 Å². The molecule has 2 aliphatic rings. The van der Waals surface area contributed by atoms with E-state index < -0.39 is 0 Å². The predicted molar refractivity (Wildman–Crippen MR) is 110 cm³/mol. The molecule has 3 heterocycles. The summed E-state index contributed by atoms with van der Waals surface area (Å²) in [6.07, 6.45) is 8.82. The van der Waals surface area contributed by atoms with Crippen LogP contribution in [-0.4, -0.2) is 68.9 Å². The smallest absolute Gasteiger partial charge is 0.252 e. The first-order valence-corrected chi connectivity index (χ1v) is 10.6. The first-order valence-electron chi connectivity index (χ1n) is 10.6. The number of hydrogen-bond donors (Lipinski definition) is 1. The highest BCUT2D eigenvalue weighted by atomic mass is 16.2. The Bertz CT molecular complexity index is 886. The summed E-state index contributed by atoms with van der Waals surface area (Å²) in [7, 11) is 2.03.